The van der Waals surface area contributed by atoms with Gasteiger partial charge in [-0.15, -0.1) is 0 Å². The molecule has 2 rings (SSSR count). The number of methoxy groups -OCH3 is 2. The molecule has 144 valence electrons. The number of hydrogen-bond acceptors (Lipinski definition) is 4. The number of para-hydroxylation sites is 1. The molecule has 8 heteroatoms. The van der Waals surface area contributed by atoms with Gasteiger partial charge in [0.1, 0.15) is 34.2 Å². The number of nitrogens with one attached hydrogen (secondary N) is 2. The molecule has 27 heavy (non-hydrogen) atoms. The minimum atomic E-state index is -1.63. The lowest BCUT2D eigenvalue weighted by molar-refractivity contribution is -0.135. The highest BCUT2D eigenvalue weighted by molar-refractivity contribution is 6.14. The lowest BCUT2D eigenvalue weighted by Gasteiger charge is -2.23. The lowest BCUT2D eigenvalue weighted by Crippen LogP contribution is -2.42. The highest BCUT2D eigenvalue weighted by atomic mass is 19.1. The van der Waals surface area contributed by atoms with Crippen LogP contribution in [0.4, 0.5) is 20.2 Å². The first-order chi connectivity index (χ1) is 12.7. The van der Waals surface area contributed by atoms with Gasteiger partial charge in [0, 0.05) is 6.07 Å². The van der Waals surface area contributed by atoms with Gasteiger partial charge in [0.2, 0.25) is 11.8 Å². The highest BCUT2D eigenvalue weighted by Gasteiger charge is 2.37. The molecule has 2 aromatic carbocycles. The summed E-state index contributed by atoms with van der Waals surface area (Å²) in [4.78, 5) is 25.1. The van der Waals surface area contributed by atoms with Crippen LogP contribution < -0.4 is 20.1 Å². The Morgan fingerprint density at radius 2 is 1.52 bits per heavy atom. The van der Waals surface area contributed by atoms with Crippen molar-refractivity contribution in [2.75, 3.05) is 24.9 Å². The Morgan fingerprint density at radius 1 is 0.926 bits per heavy atom. The van der Waals surface area contributed by atoms with E-state index < -0.39 is 34.6 Å². The Labute approximate surface area is 155 Å². The predicted octanol–water partition coefficient (Wildman–Crippen LogP) is 3.59. The van der Waals surface area contributed by atoms with Gasteiger partial charge in [-0.25, -0.2) is 8.78 Å². The number of benzene rings is 2. The molecular weight excluding hydrogens is 358 g/mol. The second-order valence-electron chi connectivity index (χ2n) is 6.20. The molecule has 0 saturated carbocycles. The number of rotatable bonds is 6. The van der Waals surface area contributed by atoms with Crippen LogP contribution in [0.1, 0.15) is 13.8 Å². The number of carbonyl (C=O) groups is 2. The van der Waals surface area contributed by atoms with E-state index in [1.54, 1.807) is 18.2 Å². The smallest absolute Gasteiger partial charge is 0.239 e. The maximum absolute atomic E-state index is 13.7. The van der Waals surface area contributed by atoms with Crippen molar-refractivity contribution in [2.24, 2.45) is 5.41 Å². The monoisotopic (exact) mass is 378 g/mol. The molecule has 0 bridgehead atoms. The second kappa shape index (κ2) is 8.03. The summed E-state index contributed by atoms with van der Waals surface area (Å²) in [5, 5.41) is 4.71. The number of halogens is 2. The van der Waals surface area contributed by atoms with Crippen LogP contribution >= 0.6 is 0 Å². The van der Waals surface area contributed by atoms with Gasteiger partial charge in [0.15, 0.2) is 0 Å². The van der Waals surface area contributed by atoms with Crippen molar-refractivity contribution in [2.45, 2.75) is 13.8 Å². The molecule has 0 aliphatic carbocycles. The van der Waals surface area contributed by atoms with Gasteiger partial charge in [0.25, 0.3) is 0 Å². The van der Waals surface area contributed by atoms with E-state index in [0.717, 1.165) is 12.1 Å². The molecule has 0 aromatic heterocycles. The summed E-state index contributed by atoms with van der Waals surface area (Å²) in [6.45, 7) is 2.68. The van der Waals surface area contributed by atoms with Crippen LogP contribution in [0.2, 0.25) is 0 Å². The van der Waals surface area contributed by atoms with Crippen LogP contribution in [-0.4, -0.2) is 26.0 Å². The first-order valence-corrected chi connectivity index (χ1v) is 7.99. The number of ether oxygens (including phenoxy) is 2. The molecule has 0 atom stereocenters. The zero-order valence-corrected chi connectivity index (χ0v) is 15.4. The fourth-order valence-electron chi connectivity index (χ4n) is 2.17. The quantitative estimate of drug-likeness (QED) is 0.754. The zero-order chi connectivity index (χ0) is 20.2. The van der Waals surface area contributed by atoms with E-state index in [4.69, 9.17) is 9.47 Å². The van der Waals surface area contributed by atoms with Gasteiger partial charge >= 0.3 is 0 Å². The van der Waals surface area contributed by atoms with Crippen LogP contribution in [0, 0.1) is 17.0 Å². The molecule has 2 amide bonds. The predicted molar refractivity (Wildman–Crippen MR) is 96.9 cm³/mol. The van der Waals surface area contributed by atoms with Crippen molar-refractivity contribution >= 4 is 23.2 Å². The second-order valence-corrected chi connectivity index (χ2v) is 6.20. The molecule has 0 aliphatic rings. The molecule has 6 nitrogen and oxygen atoms in total. The molecule has 2 aromatic rings. The lowest BCUT2D eigenvalue weighted by atomic mass is 9.90. The summed E-state index contributed by atoms with van der Waals surface area (Å²) < 4.78 is 37.7. The zero-order valence-electron chi connectivity index (χ0n) is 15.4. The summed E-state index contributed by atoms with van der Waals surface area (Å²) in [5.74, 6) is -2.56. The molecule has 0 fully saturated rings. The molecule has 0 aliphatic heterocycles. The van der Waals surface area contributed by atoms with Crippen molar-refractivity contribution < 1.29 is 27.8 Å². The summed E-state index contributed by atoms with van der Waals surface area (Å²) in [6.07, 6.45) is 0. The molecule has 2 N–H and O–H groups in total. The summed E-state index contributed by atoms with van der Waals surface area (Å²) in [7, 11) is 2.91. The molecule has 0 saturated heterocycles. The van der Waals surface area contributed by atoms with E-state index in [9.17, 15) is 18.4 Å². The number of anilines is 2. The first kappa shape index (κ1) is 20.2. The fraction of sp³-hybridized carbons (Fsp3) is 0.263. The molecule has 0 unspecified atom stereocenters. The Kier molecular flexibility index (Phi) is 5.99. The van der Waals surface area contributed by atoms with E-state index in [1.165, 1.54) is 34.1 Å². The third kappa shape index (κ3) is 4.33. The van der Waals surface area contributed by atoms with E-state index in [1.807, 2.05) is 0 Å². The highest BCUT2D eigenvalue weighted by Crippen LogP contribution is 2.31. The minimum absolute atomic E-state index is 0.321. The maximum Gasteiger partial charge on any atom is 0.239 e. The average molecular weight is 378 g/mol. The standard InChI is InChI=1S/C19H20F2N2O4/c1-19(2,18(25)23-16-12(20)6-5-7-13(16)21)17(24)22-14-9-8-11(26-3)10-15(14)27-4/h5-10H,1-4H3,(H,22,24)(H,23,25). The molecule has 0 radical (unpaired) electrons. The molecular formula is C19H20F2N2O4. The van der Waals surface area contributed by atoms with Crippen LogP contribution in [0.15, 0.2) is 36.4 Å². The minimum Gasteiger partial charge on any atom is -0.497 e. The maximum atomic E-state index is 13.7. The SMILES string of the molecule is COc1ccc(NC(=O)C(C)(C)C(=O)Nc2c(F)cccc2F)c(OC)c1. The third-order valence-electron chi connectivity index (χ3n) is 3.99. The van der Waals surface area contributed by atoms with Crippen molar-refractivity contribution in [3.63, 3.8) is 0 Å². The van der Waals surface area contributed by atoms with E-state index >= 15 is 0 Å². The van der Waals surface area contributed by atoms with E-state index in [-0.39, 0.29) is 0 Å². The van der Waals surface area contributed by atoms with Gasteiger partial charge < -0.3 is 20.1 Å². The average Bonchev–Trinajstić information content (AvgIpc) is 2.64. The van der Waals surface area contributed by atoms with Crippen molar-refractivity contribution in [1.29, 1.82) is 0 Å². The van der Waals surface area contributed by atoms with Crippen molar-refractivity contribution in [3.8, 4) is 11.5 Å². The van der Waals surface area contributed by atoms with Gasteiger partial charge in [-0.1, -0.05) is 6.07 Å². The largest absolute Gasteiger partial charge is 0.497 e. The third-order valence-corrected chi connectivity index (χ3v) is 3.99. The van der Waals surface area contributed by atoms with Gasteiger partial charge in [-0.3, -0.25) is 9.59 Å². The molecule has 0 heterocycles. The van der Waals surface area contributed by atoms with Crippen LogP contribution in [0.3, 0.4) is 0 Å². The normalized spacial score (nSPS) is 10.9. The Hall–Kier alpha value is -3.16. The number of hydrogen-bond donors (Lipinski definition) is 2. The van der Waals surface area contributed by atoms with Crippen LogP contribution in [0.25, 0.3) is 0 Å². The Morgan fingerprint density at radius 3 is 2.07 bits per heavy atom. The van der Waals surface area contributed by atoms with Crippen molar-refractivity contribution in [3.05, 3.63) is 48.0 Å². The van der Waals surface area contributed by atoms with E-state index in [2.05, 4.69) is 10.6 Å². The number of amides is 2. The first-order valence-electron chi connectivity index (χ1n) is 7.99. The van der Waals surface area contributed by atoms with Gasteiger partial charge in [-0.2, -0.15) is 0 Å². The van der Waals surface area contributed by atoms with Crippen LogP contribution in [0.5, 0.6) is 11.5 Å². The van der Waals surface area contributed by atoms with Crippen molar-refractivity contribution in [1.82, 2.24) is 0 Å². The van der Waals surface area contributed by atoms with Gasteiger partial charge in [-0.05, 0) is 38.1 Å². The Balaban J connectivity index is 2.20. The Bertz CT molecular complexity index is 849. The van der Waals surface area contributed by atoms with E-state index in [0.29, 0.717) is 17.2 Å². The summed E-state index contributed by atoms with van der Waals surface area (Å²) in [6, 6.07) is 7.92. The summed E-state index contributed by atoms with van der Waals surface area (Å²) in [5.41, 5.74) is -1.91. The van der Waals surface area contributed by atoms with Gasteiger partial charge in [0.05, 0.1) is 19.9 Å². The fourth-order valence-corrected chi connectivity index (χ4v) is 2.17. The number of carbonyl (C=O) groups excluding carboxylic acids is 2. The molecule has 0 spiro atoms. The summed E-state index contributed by atoms with van der Waals surface area (Å²) >= 11 is 0. The van der Waals surface area contributed by atoms with Crippen LogP contribution in [-0.2, 0) is 9.59 Å². The topological polar surface area (TPSA) is 76.7 Å².